The zero-order valence-corrected chi connectivity index (χ0v) is 7.86. The first kappa shape index (κ1) is 23.5. The van der Waals surface area contributed by atoms with Crippen molar-refractivity contribution in [2.75, 3.05) is 0 Å². The Morgan fingerprint density at radius 2 is 0.625 bits per heavy atom. The number of rotatable bonds is 0. The van der Waals surface area contributed by atoms with E-state index in [1.807, 2.05) is 0 Å². The van der Waals surface area contributed by atoms with Crippen LogP contribution in [0.5, 0.6) is 0 Å². The van der Waals surface area contributed by atoms with E-state index >= 15 is 0 Å². The standard InChI is InChI=1S/2C3H8.2ClH/c2*1-3-2;;/h2*3H2,1-2H3;2*1H. The predicted molar refractivity (Wildman–Crippen MR) is 46.4 cm³/mol. The summed E-state index contributed by atoms with van der Waals surface area (Å²) in [7, 11) is 0. The average Bonchev–Trinajstić information content (AvgIpc) is 1.39. The van der Waals surface area contributed by atoms with Crippen molar-refractivity contribution in [3.63, 3.8) is 0 Å². The third-order valence-electron chi connectivity index (χ3n) is 0. The molecule has 0 aromatic heterocycles. The Labute approximate surface area is 65.9 Å². The van der Waals surface area contributed by atoms with Gasteiger partial charge in [0.1, 0.15) is 0 Å². The molecule has 0 atom stereocenters. The van der Waals surface area contributed by atoms with Crippen LogP contribution >= 0.6 is 24.8 Å². The van der Waals surface area contributed by atoms with E-state index in [-0.39, 0.29) is 24.8 Å². The molecule has 0 nitrogen and oxygen atoms in total. The van der Waals surface area contributed by atoms with Crippen molar-refractivity contribution >= 4 is 24.8 Å². The molecule has 2 heteroatoms. The molecule has 0 saturated heterocycles. The molecule has 0 aliphatic rings. The monoisotopic (exact) mass is 160 g/mol. The summed E-state index contributed by atoms with van der Waals surface area (Å²) in [5, 5.41) is 0. The minimum atomic E-state index is 0. The predicted octanol–water partition coefficient (Wildman–Crippen LogP) is 3.68. The molecule has 0 fully saturated rings. The lowest BCUT2D eigenvalue weighted by Crippen LogP contribution is -1.27. The van der Waals surface area contributed by atoms with Crippen LogP contribution in [0.25, 0.3) is 0 Å². The van der Waals surface area contributed by atoms with E-state index in [9.17, 15) is 0 Å². The van der Waals surface area contributed by atoms with E-state index in [2.05, 4.69) is 27.7 Å². The van der Waals surface area contributed by atoms with Gasteiger partial charge in [0, 0.05) is 0 Å². The van der Waals surface area contributed by atoms with E-state index in [0.717, 1.165) is 0 Å². The Hall–Kier alpha value is 0.580. The van der Waals surface area contributed by atoms with Gasteiger partial charge in [0.25, 0.3) is 0 Å². The second-order valence-corrected chi connectivity index (χ2v) is 1.41. The Morgan fingerprint density at radius 1 is 0.625 bits per heavy atom. The Balaban J connectivity index is -0.0000000160. The van der Waals surface area contributed by atoms with Crippen LogP contribution in [0.4, 0.5) is 0 Å². The zero-order chi connectivity index (χ0) is 5.41. The van der Waals surface area contributed by atoms with E-state index < -0.39 is 0 Å². The smallest absolute Gasteiger partial charge is 0.0590 e. The van der Waals surface area contributed by atoms with Crippen LogP contribution in [-0.2, 0) is 0 Å². The fourth-order valence-corrected chi connectivity index (χ4v) is 0. The molecule has 0 rings (SSSR count). The molecule has 0 aliphatic carbocycles. The Bertz CT molecular complexity index is 8.49. The fraction of sp³-hybridized carbons (Fsp3) is 1.00. The first-order valence-corrected chi connectivity index (χ1v) is 2.83. The lowest BCUT2D eigenvalue weighted by atomic mass is 10.6. The van der Waals surface area contributed by atoms with Gasteiger partial charge in [-0.15, -0.1) is 24.8 Å². The molecule has 0 spiro atoms. The van der Waals surface area contributed by atoms with Crippen LogP contribution in [-0.4, -0.2) is 0 Å². The van der Waals surface area contributed by atoms with Gasteiger partial charge in [-0.3, -0.25) is 0 Å². The maximum absolute atomic E-state index is 2.12. The maximum Gasteiger partial charge on any atom is -0.0590 e. The Kier molecular flexibility index (Phi) is 145. The van der Waals surface area contributed by atoms with Crippen LogP contribution < -0.4 is 0 Å². The van der Waals surface area contributed by atoms with Crippen molar-refractivity contribution in [3.8, 4) is 0 Å². The van der Waals surface area contributed by atoms with Gasteiger partial charge in [-0.2, -0.15) is 0 Å². The van der Waals surface area contributed by atoms with Crippen LogP contribution in [0.3, 0.4) is 0 Å². The van der Waals surface area contributed by atoms with Gasteiger partial charge < -0.3 is 0 Å². The summed E-state index contributed by atoms with van der Waals surface area (Å²) in [5.74, 6) is 0. The molecule has 0 bridgehead atoms. The highest BCUT2D eigenvalue weighted by atomic mass is 35.5. The van der Waals surface area contributed by atoms with Crippen LogP contribution in [0.15, 0.2) is 0 Å². The molecule has 0 saturated carbocycles. The van der Waals surface area contributed by atoms with Crippen molar-refractivity contribution in [1.82, 2.24) is 0 Å². The molecule has 0 radical (unpaired) electrons. The van der Waals surface area contributed by atoms with Gasteiger partial charge in [-0.25, -0.2) is 0 Å². The van der Waals surface area contributed by atoms with E-state index in [4.69, 9.17) is 0 Å². The quantitative estimate of drug-likeness (QED) is 0.508. The molecule has 0 aromatic carbocycles. The molecule has 0 N–H and O–H groups in total. The normalized spacial score (nSPS) is 4.50. The summed E-state index contributed by atoms with van der Waals surface area (Å²) in [6, 6.07) is 0. The number of hydrogen-bond acceptors (Lipinski definition) is 0. The summed E-state index contributed by atoms with van der Waals surface area (Å²) in [6.07, 6.45) is 2.50. The van der Waals surface area contributed by atoms with Gasteiger partial charge in [-0.05, 0) is 0 Å². The number of halogens is 2. The highest BCUT2D eigenvalue weighted by Crippen LogP contribution is 1.56. The molecule has 0 aromatic rings. The molecule has 56 valence electrons. The molecule has 0 heterocycles. The van der Waals surface area contributed by atoms with Crippen molar-refractivity contribution in [3.05, 3.63) is 0 Å². The van der Waals surface area contributed by atoms with Gasteiger partial charge in [0.2, 0.25) is 0 Å². The first-order chi connectivity index (χ1) is 2.83. The van der Waals surface area contributed by atoms with Gasteiger partial charge in [0.05, 0.1) is 0 Å². The molecule has 0 unspecified atom stereocenters. The summed E-state index contributed by atoms with van der Waals surface area (Å²) in [4.78, 5) is 0. The molecule has 0 amide bonds. The molecule has 0 aliphatic heterocycles. The second-order valence-electron chi connectivity index (χ2n) is 1.41. The zero-order valence-electron chi connectivity index (χ0n) is 6.23. The fourth-order valence-electron chi connectivity index (χ4n) is 0. The van der Waals surface area contributed by atoms with Gasteiger partial charge in [0.15, 0.2) is 0 Å². The third-order valence-corrected chi connectivity index (χ3v) is 0. The van der Waals surface area contributed by atoms with Crippen molar-refractivity contribution in [2.24, 2.45) is 0 Å². The molecular weight excluding hydrogens is 143 g/mol. The van der Waals surface area contributed by atoms with Gasteiger partial charge in [-0.1, -0.05) is 40.5 Å². The lowest BCUT2D eigenvalue weighted by molar-refractivity contribution is 1.09. The minimum Gasteiger partial charge on any atom is -0.147 e. The van der Waals surface area contributed by atoms with Crippen molar-refractivity contribution in [1.29, 1.82) is 0 Å². The maximum atomic E-state index is 2.12. The van der Waals surface area contributed by atoms with Crippen LogP contribution in [0.2, 0.25) is 0 Å². The minimum absolute atomic E-state index is 0. The third kappa shape index (κ3) is 609. The first-order valence-electron chi connectivity index (χ1n) is 2.83. The average molecular weight is 161 g/mol. The molecule has 8 heavy (non-hydrogen) atoms. The summed E-state index contributed by atoms with van der Waals surface area (Å²) in [6.45, 7) is 8.50. The number of hydrogen-bond donors (Lipinski definition) is 0. The highest BCUT2D eigenvalue weighted by molar-refractivity contribution is 5.85. The van der Waals surface area contributed by atoms with Crippen molar-refractivity contribution < 1.29 is 0 Å². The lowest BCUT2D eigenvalue weighted by Gasteiger charge is -1.48. The summed E-state index contributed by atoms with van der Waals surface area (Å²) >= 11 is 0. The van der Waals surface area contributed by atoms with E-state index in [1.54, 1.807) is 0 Å². The highest BCUT2D eigenvalue weighted by Gasteiger charge is 1.36. The summed E-state index contributed by atoms with van der Waals surface area (Å²) in [5.41, 5.74) is 0. The van der Waals surface area contributed by atoms with Crippen LogP contribution in [0.1, 0.15) is 40.5 Å². The topological polar surface area (TPSA) is 0 Å². The SMILES string of the molecule is CCC.CCC.Cl.Cl. The molecular formula is C6H18Cl2. The Morgan fingerprint density at radius 3 is 0.625 bits per heavy atom. The largest absolute Gasteiger partial charge is 0.147 e. The van der Waals surface area contributed by atoms with Crippen LogP contribution in [0, 0.1) is 0 Å². The van der Waals surface area contributed by atoms with Gasteiger partial charge >= 0.3 is 0 Å². The van der Waals surface area contributed by atoms with Crippen molar-refractivity contribution in [2.45, 2.75) is 40.5 Å². The summed E-state index contributed by atoms with van der Waals surface area (Å²) < 4.78 is 0. The van der Waals surface area contributed by atoms with E-state index in [1.165, 1.54) is 12.8 Å². The second kappa shape index (κ2) is 49.3. The van der Waals surface area contributed by atoms with E-state index in [0.29, 0.717) is 0 Å².